The average Bonchev–Trinajstić information content (AvgIpc) is 2.79. The molecule has 0 spiro atoms. The molecule has 0 bridgehead atoms. The average molecular weight is 252 g/mol. The van der Waals surface area contributed by atoms with E-state index in [0.29, 0.717) is 12.0 Å². The van der Waals surface area contributed by atoms with Gasteiger partial charge in [0.1, 0.15) is 11.4 Å². The molecule has 0 fully saturated rings. The highest BCUT2D eigenvalue weighted by molar-refractivity contribution is 5.74. The van der Waals surface area contributed by atoms with E-state index in [1.54, 1.807) is 24.4 Å². The number of aldehydes is 1. The third kappa shape index (κ3) is 2.33. The fourth-order valence-corrected chi connectivity index (χ4v) is 2.09. The van der Waals surface area contributed by atoms with E-state index < -0.39 is 0 Å². The lowest BCUT2D eigenvalue weighted by Crippen LogP contribution is -1.87. The molecule has 0 unspecified atom stereocenters. The SMILES string of the molecule is O=Cc1ccc2nc(Cc3cccc(O)c3)cn2c1. The van der Waals surface area contributed by atoms with Crippen molar-refractivity contribution >= 4 is 11.9 Å². The number of aromatic hydroxyl groups is 1. The summed E-state index contributed by atoms with van der Waals surface area (Å²) < 4.78 is 1.84. The summed E-state index contributed by atoms with van der Waals surface area (Å²) in [5, 5.41) is 9.43. The highest BCUT2D eigenvalue weighted by Crippen LogP contribution is 2.15. The molecule has 0 saturated carbocycles. The van der Waals surface area contributed by atoms with Gasteiger partial charge in [-0.15, -0.1) is 0 Å². The summed E-state index contributed by atoms with van der Waals surface area (Å²) in [6, 6.07) is 10.7. The van der Waals surface area contributed by atoms with Crippen LogP contribution in [0.2, 0.25) is 0 Å². The van der Waals surface area contributed by atoms with Crippen molar-refractivity contribution < 1.29 is 9.90 Å². The molecule has 1 N–H and O–H groups in total. The van der Waals surface area contributed by atoms with Crippen LogP contribution >= 0.6 is 0 Å². The van der Waals surface area contributed by atoms with E-state index in [1.165, 1.54) is 0 Å². The van der Waals surface area contributed by atoms with Crippen LogP contribution in [0.4, 0.5) is 0 Å². The van der Waals surface area contributed by atoms with Crippen molar-refractivity contribution in [1.82, 2.24) is 9.38 Å². The van der Waals surface area contributed by atoms with Crippen molar-refractivity contribution in [3.63, 3.8) is 0 Å². The molecule has 0 aliphatic rings. The zero-order chi connectivity index (χ0) is 13.2. The van der Waals surface area contributed by atoms with E-state index in [2.05, 4.69) is 4.98 Å². The van der Waals surface area contributed by atoms with Crippen molar-refractivity contribution in [2.45, 2.75) is 6.42 Å². The first-order chi connectivity index (χ1) is 9.24. The minimum absolute atomic E-state index is 0.254. The number of hydrogen-bond donors (Lipinski definition) is 1. The van der Waals surface area contributed by atoms with Gasteiger partial charge >= 0.3 is 0 Å². The molecule has 4 nitrogen and oxygen atoms in total. The van der Waals surface area contributed by atoms with Gasteiger partial charge in [0.25, 0.3) is 0 Å². The minimum atomic E-state index is 0.254. The van der Waals surface area contributed by atoms with Gasteiger partial charge in [0.2, 0.25) is 0 Å². The van der Waals surface area contributed by atoms with Gasteiger partial charge in [-0.2, -0.15) is 0 Å². The Balaban J connectivity index is 1.95. The van der Waals surface area contributed by atoms with E-state index in [-0.39, 0.29) is 5.75 Å². The number of hydrogen-bond acceptors (Lipinski definition) is 3. The Kier molecular flexibility index (Phi) is 2.76. The monoisotopic (exact) mass is 252 g/mol. The first-order valence-corrected chi connectivity index (χ1v) is 5.95. The van der Waals surface area contributed by atoms with Crippen molar-refractivity contribution in [1.29, 1.82) is 0 Å². The Labute approximate surface area is 110 Å². The zero-order valence-corrected chi connectivity index (χ0v) is 10.2. The Morgan fingerprint density at radius 2 is 2.11 bits per heavy atom. The topological polar surface area (TPSA) is 54.6 Å². The van der Waals surface area contributed by atoms with Crippen molar-refractivity contribution in [2.24, 2.45) is 0 Å². The molecule has 1 aromatic carbocycles. The van der Waals surface area contributed by atoms with Crippen LogP contribution in [0.3, 0.4) is 0 Å². The molecule has 19 heavy (non-hydrogen) atoms. The molecule has 4 heteroatoms. The summed E-state index contributed by atoms with van der Waals surface area (Å²) in [5.74, 6) is 0.254. The number of nitrogens with zero attached hydrogens (tertiary/aromatic N) is 2. The second-order valence-corrected chi connectivity index (χ2v) is 4.42. The smallest absolute Gasteiger partial charge is 0.151 e. The minimum Gasteiger partial charge on any atom is -0.508 e. The van der Waals surface area contributed by atoms with Crippen LogP contribution in [0.5, 0.6) is 5.75 Å². The lowest BCUT2D eigenvalue weighted by molar-refractivity contribution is 0.112. The van der Waals surface area contributed by atoms with Gasteiger partial charge in [-0.3, -0.25) is 4.79 Å². The predicted molar refractivity (Wildman–Crippen MR) is 71.5 cm³/mol. The van der Waals surface area contributed by atoms with Gasteiger partial charge in [-0.05, 0) is 29.8 Å². The Hall–Kier alpha value is -2.62. The largest absolute Gasteiger partial charge is 0.508 e. The lowest BCUT2D eigenvalue weighted by atomic mass is 10.1. The molecule has 0 saturated heterocycles. The summed E-state index contributed by atoms with van der Waals surface area (Å²) in [6.07, 6.45) is 5.11. The van der Waals surface area contributed by atoms with Crippen molar-refractivity contribution in [2.75, 3.05) is 0 Å². The van der Waals surface area contributed by atoms with Gasteiger partial charge in [0.05, 0.1) is 5.69 Å². The number of carbonyl (C=O) groups excluding carboxylic acids is 1. The second-order valence-electron chi connectivity index (χ2n) is 4.42. The van der Waals surface area contributed by atoms with E-state index in [0.717, 1.165) is 23.2 Å². The summed E-state index contributed by atoms with van der Waals surface area (Å²) in [4.78, 5) is 15.2. The molecule has 2 heterocycles. The number of phenolic OH excluding ortho intramolecular Hbond substituents is 1. The van der Waals surface area contributed by atoms with E-state index >= 15 is 0 Å². The number of benzene rings is 1. The maximum Gasteiger partial charge on any atom is 0.151 e. The third-order valence-corrected chi connectivity index (χ3v) is 2.96. The maximum atomic E-state index is 10.7. The fraction of sp³-hybridized carbons (Fsp3) is 0.0667. The number of rotatable bonds is 3. The van der Waals surface area contributed by atoms with Gasteiger partial charge in [-0.1, -0.05) is 12.1 Å². The molecule has 0 amide bonds. The van der Waals surface area contributed by atoms with Gasteiger partial charge in [0, 0.05) is 24.4 Å². The van der Waals surface area contributed by atoms with E-state index in [4.69, 9.17) is 0 Å². The number of fused-ring (bicyclic) bond motifs is 1. The summed E-state index contributed by atoms with van der Waals surface area (Å²) >= 11 is 0. The standard InChI is InChI=1S/C15H12N2O2/c18-10-12-4-5-15-16-13(9-17(15)8-12)6-11-2-1-3-14(19)7-11/h1-5,7-10,19H,6H2. The number of aromatic nitrogens is 2. The van der Waals surface area contributed by atoms with Crippen molar-refractivity contribution in [3.8, 4) is 5.75 Å². The summed E-state index contributed by atoms with van der Waals surface area (Å²) in [6.45, 7) is 0. The third-order valence-electron chi connectivity index (χ3n) is 2.96. The summed E-state index contributed by atoms with van der Waals surface area (Å²) in [7, 11) is 0. The summed E-state index contributed by atoms with van der Waals surface area (Å²) in [5.41, 5.74) is 3.32. The van der Waals surface area contributed by atoms with E-state index in [1.807, 2.05) is 28.8 Å². The molecule has 0 radical (unpaired) electrons. The number of imidazole rings is 1. The van der Waals surface area contributed by atoms with E-state index in [9.17, 15) is 9.90 Å². The van der Waals surface area contributed by atoms with Crippen LogP contribution in [0.1, 0.15) is 21.6 Å². The second kappa shape index (κ2) is 4.57. The quantitative estimate of drug-likeness (QED) is 0.728. The highest BCUT2D eigenvalue weighted by atomic mass is 16.3. The first kappa shape index (κ1) is 11.5. The van der Waals surface area contributed by atoms with Crippen LogP contribution in [-0.4, -0.2) is 20.8 Å². The molecule has 94 valence electrons. The molecule has 0 atom stereocenters. The van der Waals surface area contributed by atoms with Crippen LogP contribution in [0.25, 0.3) is 5.65 Å². The molecule has 2 aromatic heterocycles. The normalized spacial score (nSPS) is 10.7. The number of phenols is 1. The first-order valence-electron chi connectivity index (χ1n) is 5.95. The Morgan fingerprint density at radius 3 is 2.89 bits per heavy atom. The molecule has 0 aliphatic carbocycles. The molecule has 3 aromatic rings. The van der Waals surface area contributed by atoms with Gasteiger partial charge in [-0.25, -0.2) is 4.98 Å². The molecule has 3 rings (SSSR count). The molecular weight excluding hydrogens is 240 g/mol. The van der Waals surface area contributed by atoms with Crippen LogP contribution in [0, 0.1) is 0 Å². The lowest BCUT2D eigenvalue weighted by Gasteiger charge is -1.98. The van der Waals surface area contributed by atoms with Crippen LogP contribution in [0.15, 0.2) is 48.8 Å². The zero-order valence-electron chi connectivity index (χ0n) is 10.2. The van der Waals surface area contributed by atoms with Crippen molar-refractivity contribution in [3.05, 3.63) is 65.6 Å². The van der Waals surface area contributed by atoms with Gasteiger partial charge < -0.3 is 9.51 Å². The number of pyridine rings is 1. The molecule has 0 aliphatic heterocycles. The molecular formula is C15H12N2O2. The van der Waals surface area contributed by atoms with Gasteiger partial charge in [0.15, 0.2) is 6.29 Å². The number of carbonyl (C=O) groups is 1. The van der Waals surface area contributed by atoms with Crippen LogP contribution < -0.4 is 0 Å². The maximum absolute atomic E-state index is 10.7. The highest BCUT2D eigenvalue weighted by Gasteiger charge is 2.04. The predicted octanol–water partition coefficient (Wildman–Crippen LogP) is 2.44. The van der Waals surface area contributed by atoms with Crippen LogP contribution in [-0.2, 0) is 6.42 Å². The Bertz CT molecular complexity index is 747. The fourth-order valence-electron chi connectivity index (χ4n) is 2.09. The Morgan fingerprint density at radius 1 is 1.21 bits per heavy atom.